The average Bonchev–Trinajstić information content (AvgIpc) is 4.18. The molecule has 4 amide bonds. The van der Waals surface area contributed by atoms with Gasteiger partial charge in [-0.15, -0.1) is 0 Å². The third-order valence-electron chi connectivity index (χ3n) is 11.4. The molecule has 0 spiro atoms. The quantitative estimate of drug-likeness (QED) is 0.0892. The maximum atomic E-state index is 14.0. The second kappa shape index (κ2) is 19.0. The molecule has 324 valence electrons. The Morgan fingerprint density at radius 2 is 1.13 bits per heavy atom. The molecule has 0 radical (unpaired) electrons. The maximum Gasteiger partial charge on any atom is 0.407 e. The second-order valence-electron chi connectivity index (χ2n) is 15.2. The van der Waals surface area contributed by atoms with Crippen molar-refractivity contribution in [2.45, 2.75) is 49.9 Å². The van der Waals surface area contributed by atoms with Crippen LogP contribution in [0.15, 0.2) is 116 Å². The lowest BCUT2D eigenvalue weighted by atomic mass is 10.1. The van der Waals surface area contributed by atoms with Gasteiger partial charge in [-0.05, 0) is 84.8 Å². The molecule has 16 heteroatoms. The van der Waals surface area contributed by atoms with Crippen LogP contribution in [0.1, 0.15) is 72.6 Å². The van der Waals surface area contributed by atoms with E-state index in [1.807, 2.05) is 78.9 Å². The van der Waals surface area contributed by atoms with Crippen molar-refractivity contribution in [2.75, 3.05) is 34.4 Å². The van der Waals surface area contributed by atoms with E-state index in [1.54, 1.807) is 53.6 Å². The number of aromatic nitrogens is 4. The molecule has 2 aliphatic heterocycles. The Kier molecular flexibility index (Phi) is 12.7. The van der Waals surface area contributed by atoms with E-state index >= 15 is 0 Å². The van der Waals surface area contributed by atoms with Gasteiger partial charge in [-0.25, -0.2) is 19.6 Å². The zero-order chi connectivity index (χ0) is 43.9. The molecule has 4 aromatic carbocycles. The molecule has 0 aliphatic carbocycles. The van der Waals surface area contributed by atoms with Gasteiger partial charge < -0.3 is 49.3 Å². The normalized spacial score (nSPS) is 16.8. The van der Waals surface area contributed by atoms with Crippen molar-refractivity contribution in [3.05, 3.63) is 138 Å². The molecule has 0 saturated carbocycles. The molecule has 16 nitrogen and oxygen atoms in total. The summed E-state index contributed by atoms with van der Waals surface area (Å²) < 4.78 is 21.7. The summed E-state index contributed by atoms with van der Waals surface area (Å²) in [5, 5.41) is 5.40. The van der Waals surface area contributed by atoms with Crippen molar-refractivity contribution in [1.82, 2.24) is 40.4 Å². The molecule has 2 saturated heterocycles. The van der Waals surface area contributed by atoms with E-state index in [9.17, 15) is 19.2 Å². The SMILES string of the molecule is COC(=O)NC(C(=O)N1CCC[C@@H]1c1ncc(-c2ccc(Oc3ccc(OC)c(-c4cnc([C@@H]5CCCN5C(=O)C(NC(=O)OC)c5ccccc5)[nH]4)c3)cc2)[nH]1)c1ccccc1. The van der Waals surface area contributed by atoms with E-state index in [0.29, 0.717) is 65.2 Å². The predicted octanol–water partition coefficient (Wildman–Crippen LogP) is 7.79. The number of hydrogen-bond donors (Lipinski definition) is 4. The summed E-state index contributed by atoms with van der Waals surface area (Å²) in [4.78, 5) is 72.2. The van der Waals surface area contributed by atoms with Crippen molar-refractivity contribution in [1.29, 1.82) is 0 Å². The minimum absolute atomic E-state index is 0.237. The van der Waals surface area contributed by atoms with Crippen molar-refractivity contribution >= 4 is 24.0 Å². The molecule has 2 aliphatic rings. The Morgan fingerprint density at radius 1 is 0.635 bits per heavy atom. The van der Waals surface area contributed by atoms with Crippen LogP contribution in [0, 0.1) is 0 Å². The Hall–Kier alpha value is -7.62. The van der Waals surface area contributed by atoms with Gasteiger partial charge in [0.05, 0.1) is 57.2 Å². The van der Waals surface area contributed by atoms with Crippen LogP contribution in [-0.2, 0) is 19.1 Å². The number of imidazole rings is 2. The molecule has 0 bridgehead atoms. The van der Waals surface area contributed by atoms with Crippen LogP contribution < -0.4 is 20.1 Å². The first kappa shape index (κ1) is 42.1. The number of nitrogens with zero attached hydrogens (tertiary/aromatic N) is 4. The van der Waals surface area contributed by atoms with Gasteiger partial charge in [0.25, 0.3) is 11.8 Å². The first-order valence-electron chi connectivity index (χ1n) is 20.7. The van der Waals surface area contributed by atoms with Crippen LogP contribution in [-0.4, -0.2) is 88.2 Å². The van der Waals surface area contributed by atoms with Gasteiger partial charge in [0.15, 0.2) is 0 Å². The second-order valence-corrected chi connectivity index (χ2v) is 15.2. The molecular formula is C47H48N8O8. The largest absolute Gasteiger partial charge is 0.496 e. The first-order chi connectivity index (χ1) is 30.7. The standard InChI is InChI=1S/C47H48N8O8/c1-60-39-23-22-33(26-34(39)36-28-49-43(51-36)38-17-11-25-55(38)45(57)41(53-47(59)62-3)31-14-8-5-9-15-31)63-32-20-18-29(19-21-32)35-27-48-42(50-35)37-16-10-24-54(37)44(56)40(52-46(58)61-2)30-12-6-4-7-13-30/h4-9,12-15,18-23,26-28,37-38,40-41H,10-11,16-17,24-25H2,1-3H3,(H,48,50)(H,49,51)(H,52,58)(H,53,59)/t37-,38+,40?,41?/m1/s1. The summed E-state index contributed by atoms with van der Waals surface area (Å²) >= 11 is 0. The number of benzene rings is 4. The maximum absolute atomic E-state index is 14.0. The van der Waals surface area contributed by atoms with Gasteiger partial charge in [-0.3, -0.25) is 9.59 Å². The Morgan fingerprint density at radius 3 is 1.63 bits per heavy atom. The number of hydrogen-bond acceptors (Lipinski definition) is 10. The van der Waals surface area contributed by atoms with Crippen LogP contribution in [0.3, 0.4) is 0 Å². The highest BCUT2D eigenvalue weighted by Gasteiger charge is 2.38. The molecule has 2 unspecified atom stereocenters. The summed E-state index contributed by atoms with van der Waals surface area (Å²) in [5.41, 5.74) is 4.37. The van der Waals surface area contributed by atoms with Crippen molar-refractivity contribution < 1.29 is 38.1 Å². The van der Waals surface area contributed by atoms with Crippen LogP contribution >= 0.6 is 0 Å². The summed E-state index contributed by atoms with van der Waals surface area (Å²) in [6.45, 7) is 1.03. The number of ether oxygens (including phenoxy) is 4. The molecule has 2 fully saturated rings. The molecule has 8 rings (SSSR count). The summed E-state index contributed by atoms with van der Waals surface area (Å²) in [7, 11) is 4.13. The number of carbonyl (C=O) groups excluding carboxylic acids is 4. The number of nitrogens with one attached hydrogen (secondary N) is 4. The molecule has 4 N–H and O–H groups in total. The van der Waals surface area contributed by atoms with Crippen molar-refractivity contribution in [2.24, 2.45) is 0 Å². The lowest BCUT2D eigenvalue weighted by molar-refractivity contribution is -0.135. The van der Waals surface area contributed by atoms with E-state index in [-0.39, 0.29) is 23.9 Å². The van der Waals surface area contributed by atoms with Crippen LogP contribution in [0.5, 0.6) is 17.2 Å². The van der Waals surface area contributed by atoms with Crippen LogP contribution in [0.2, 0.25) is 0 Å². The summed E-state index contributed by atoms with van der Waals surface area (Å²) in [6, 6.07) is 28.8. The molecule has 2 aromatic heterocycles. The predicted molar refractivity (Wildman–Crippen MR) is 231 cm³/mol. The van der Waals surface area contributed by atoms with Gasteiger partial charge in [0.2, 0.25) is 0 Å². The third kappa shape index (κ3) is 9.20. The smallest absolute Gasteiger partial charge is 0.407 e. The van der Waals surface area contributed by atoms with Gasteiger partial charge in [-0.2, -0.15) is 0 Å². The minimum atomic E-state index is -0.924. The van der Waals surface area contributed by atoms with Crippen molar-refractivity contribution in [3.63, 3.8) is 0 Å². The topological polar surface area (TPSA) is 193 Å². The fourth-order valence-corrected chi connectivity index (χ4v) is 8.28. The van der Waals surface area contributed by atoms with E-state index in [4.69, 9.17) is 23.9 Å². The van der Waals surface area contributed by atoms with Gasteiger partial charge in [0.1, 0.15) is 41.0 Å². The number of H-pyrrole nitrogens is 2. The van der Waals surface area contributed by atoms with Crippen LogP contribution in [0.4, 0.5) is 9.59 Å². The van der Waals surface area contributed by atoms with Gasteiger partial charge in [-0.1, -0.05) is 60.7 Å². The molecule has 63 heavy (non-hydrogen) atoms. The average molecular weight is 853 g/mol. The highest BCUT2D eigenvalue weighted by atomic mass is 16.5. The van der Waals surface area contributed by atoms with Gasteiger partial charge in [0, 0.05) is 18.7 Å². The van der Waals surface area contributed by atoms with E-state index in [0.717, 1.165) is 36.1 Å². The fourth-order valence-electron chi connectivity index (χ4n) is 8.28. The minimum Gasteiger partial charge on any atom is -0.496 e. The number of amides is 4. The Bertz CT molecular complexity index is 2550. The lowest BCUT2D eigenvalue weighted by Gasteiger charge is -2.28. The molecular weight excluding hydrogens is 805 g/mol. The molecule has 6 aromatic rings. The first-order valence-corrected chi connectivity index (χ1v) is 20.7. The number of likely N-dealkylation sites (tertiary alicyclic amines) is 2. The molecule has 4 atom stereocenters. The van der Waals surface area contributed by atoms with E-state index in [2.05, 4.69) is 25.6 Å². The number of rotatable bonds is 13. The number of alkyl carbamates (subject to hydrolysis) is 2. The highest BCUT2D eigenvalue weighted by Crippen LogP contribution is 2.39. The number of carbonyl (C=O) groups is 4. The summed E-state index contributed by atoms with van der Waals surface area (Å²) in [5.74, 6) is 2.56. The fraction of sp³-hybridized carbons (Fsp3) is 0.277. The third-order valence-corrected chi connectivity index (χ3v) is 11.4. The number of aromatic amines is 2. The van der Waals surface area contributed by atoms with Crippen molar-refractivity contribution in [3.8, 4) is 39.8 Å². The van der Waals surface area contributed by atoms with E-state index in [1.165, 1.54) is 14.2 Å². The number of methoxy groups -OCH3 is 3. The summed E-state index contributed by atoms with van der Waals surface area (Å²) in [6.07, 6.45) is 5.06. The monoisotopic (exact) mass is 852 g/mol. The highest BCUT2D eigenvalue weighted by molar-refractivity contribution is 5.88. The zero-order valence-electron chi connectivity index (χ0n) is 35.1. The lowest BCUT2D eigenvalue weighted by Crippen LogP contribution is -2.42. The zero-order valence-corrected chi connectivity index (χ0v) is 35.1. The van der Waals surface area contributed by atoms with E-state index < -0.39 is 24.3 Å². The molecule has 4 heterocycles. The Balaban J connectivity index is 0.952. The van der Waals surface area contributed by atoms with Crippen LogP contribution in [0.25, 0.3) is 22.5 Å². The van der Waals surface area contributed by atoms with Gasteiger partial charge >= 0.3 is 12.2 Å². The Labute approximate surface area is 363 Å².